The van der Waals surface area contributed by atoms with Gasteiger partial charge in [0.2, 0.25) is 5.71 Å². The standard InChI is InChI=1S/C32H30N2O2/c1-17(2)22-8-7-9-23(18(3)4)28(22)27-16-21-12-13-33-29(30(21)35-27)26-15-19(5)14-25-24-11-10-20(6)34-32(24)36-31(25)26/h7-18H,1-6H3. The number of hydrogen-bond acceptors (Lipinski definition) is 4. The fourth-order valence-electron chi connectivity index (χ4n) is 5.29. The SMILES string of the molecule is Cc1cc(-c2nccc3cc(-c4c(C(C)C)cccc4C(C)C)oc23)c2oc3nc(C)ccc3c2c1. The van der Waals surface area contributed by atoms with Gasteiger partial charge in [0.25, 0.3) is 0 Å². The van der Waals surface area contributed by atoms with Crippen molar-refractivity contribution in [2.75, 3.05) is 0 Å². The van der Waals surface area contributed by atoms with Crippen LogP contribution in [0.3, 0.4) is 0 Å². The Bertz CT molecular complexity index is 1740. The number of furan rings is 2. The van der Waals surface area contributed by atoms with Gasteiger partial charge in [-0.25, -0.2) is 4.98 Å². The molecule has 2 aromatic carbocycles. The van der Waals surface area contributed by atoms with E-state index in [4.69, 9.17) is 13.8 Å². The van der Waals surface area contributed by atoms with Gasteiger partial charge >= 0.3 is 0 Å². The number of aromatic nitrogens is 2. The van der Waals surface area contributed by atoms with E-state index in [1.807, 2.05) is 25.3 Å². The van der Waals surface area contributed by atoms with E-state index >= 15 is 0 Å². The van der Waals surface area contributed by atoms with Crippen molar-refractivity contribution < 1.29 is 8.83 Å². The molecule has 0 aliphatic carbocycles. The summed E-state index contributed by atoms with van der Waals surface area (Å²) in [6.45, 7) is 13.0. The van der Waals surface area contributed by atoms with Gasteiger partial charge in [0.05, 0.1) is 0 Å². The van der Waals surface area contributed by atoms with Gasteiger partial charge in [-0.3, -0.25) is 4.98 Å². The Morgan fingerprint density at radius 1 is 0.750 bits per heavy atom. The molecule has 0 spiro atoms. The Balaban J connectivity index is 1.63. The highest BCUT2D eigenvalue weighted by Crippen LogP contribution is 2.42. The van der Waals surface area contributed by atoms with Gasteiger partial charge in [-0.1, -0.05) is 45.9 Å². The van der Waals surface area contributed by atoms with Crippen molar-refractivity contribution in [3.63, 3.8) is 0 Å². The largest absolute Gasteiger partial charge is 0.454 e. The summed E-state index contributed by atoms with van der Waals surface area (Å²) in [5.41, 5.74) is 9.79. The second-order valence-electron chi connectivity index (χ2n) is 10.4. The quantitative estimate of drug-likeness (QED) is 0.255. The fraction of sp³-hybridized carbons (Fsp3) is 0.250. The number of benzene rings is 2. The summed E-state index contributed by atoms with van der Waals surface area (Å²) in [6.07, 6.45) is 1.86. The summed E-state index contributed by atoms with van der Waals surface area (Å²) in [6, 6.07) is 19.2. The number of aryl methyl sites for hydroxylation is 2. The molecule has 0 aliphatic rings. The number of rotatable bonds is 4. The van der Waals surface area contributed by atoms with Crippen molar-refractivity contribution in [2.45, 2.75) is 53.4 Å². The Kier molecular flexibility index (Phi) is 5.22. The lowest BCUT2D eigenvalue weighted by molar-refractivity contribution is 0.626. The monoisotopic (exact) mass is 474 g/mol. The molecule has 0 bridgehead atoms. The molecule has 4 heteroatoms. The molecular weight excluding hydrogens is 444 g/mol. The Morgan fingerprint density at radius 2 is 1.50 bits per heavy atom. The van der Waals surface area contributed by atoms with Crippen LogP contribution in [0.15, 0.2) is 69.6 Å². The molecule has 0 atom stereocenters. The van der Waals surface area contributed by atoms with Gasteiger partial charge in [-0.2, -0.15) is 0 Å². The summed E-state index contributed by atoms with van der Waals surface area (Å²) in [4.78, 5) is 9.43. The smallest absolute Gasteiger partial charge is 0.227 e. The highest BCUT2D eigenvalue weighted by molar-refractivity contribution is 6.10. The first-order valence-electron chi connectivity index (χ1n) is 12.6. The van der Waals surface area contributed by atoms with Gasteiger partial charge in [-0.15, -0.1) is 0 Å². The molecule has 0 saturated carbocycles. The molecule has 36 heavy (non-hydrogen) atoms. The van der Waals surface area contributed by atoms with Gasteiger partial charge < -0.3 is 8.83 Å². The van der Waals surface area contributed by atoms with Crippen molar-refractivity contribution >= 4 is 33.0 Å². The van der Waals surface area contributed by atoms with Crippen LogP contribution in [-0.2, 0) is 0 Å². The Morgan fingerprint density at radius 3 is 2.22 bits per heavy atom. The molecule has 180 valence electrons. The first kappa shape index (κ1) is 22.5. The van der Waals surface area contributed by atoms with Crippen LogP contribution >= 0.6 is 0 Å². The van der Waals surface area contributed by atoms with E-state index in [-0.39, 0.29) is 0 Å². The van der Waals surface area contributed by atoms with Gasteiger partial charge in [-0.05, 0) is 78.8 Å². The van der Waals surface area contributed by atoms with E-state index in [2.05, 4.69) is 82.1 Å². The van der Waals surface area contributed by atoms with E-state index in [0.717, 1.165) is 55.6 Å². The number of nitrogens with zero attached hydrogens (tertiary/aromatic N) is 2. The molecule has 4 heterocycles. The maximum Gasteiger partial charge on any atom is 0.227 e. The molecule has 4 aromatic heterocycles. The van der Waals surface area contributed by atoms with E-state index in [1.165, 1.54) is 16.7 Å². The maximum absolute atomic E-state index is 6.68. The van der Waals surface area contributed by atoms with Crippen LogP contribution in [0.1, 0.15) is 61.9 Å². The second-order valence-corrected chi connectivity index (χ2v) is 10.4. The molecule has 6 aromatic rings. The van der Waals surface area contributed by atoms with Crippen molar-refractivity contribution in [3.8, 4) is 22.6 Å². The van der Waals surface area contributed by atoms with Crippen molar-refractivity contribution in [2.24, 2.45) is 0 Å². The summed E-state index contributed by atoms with van der Waals surface area (Å²) < 4.78 is 13.0. The number of pyridine rings is 2. The zero-order chi connectivity index (χ0) is 25.1. The van der Waals surface area contributed by atoms with Crippen molar-refractivity contribution in [1.29, 1.82) is 0 Å². The minimum absolute atomic E-state index is 0.382. The summed E-state index contributed by atoms with van der Waals surface area (Å²) in [5.74, 6) is 1.65. The predicted molar refractivity (Wildman–Crippen MR) is 148 cm³/mol. The lowest BCUT2D eigenvalue weighted by atomic mass is 9.87. The molecule has 0 N–H and O–H groups in total. The van der Waals surface area contributed by atoms with Crippen LogP contribution in [0.5, 0.6) is 0 Å². The molecule has 0 unspecified atom stereocenters. The van der Waals surface area contributed by atoms with E-state index in [1.54, 1.807) is 0 Å². The third-order valence-corrected chi connectivity index (χ3v) is 7.03. The minimum Gasteiger partial charge on any atom is -0.454 e. The normalized spacial score (nSPS) is 12.1. The molecule has 0 saturated heterocycles. The molecule has 6 rings (SSSR count). The Labute approximate surface area is 211 Å². The third-order valence-electron chi connectivity index (χ3n) is 7.03. The maximum atomic E-state index is 6.68. The highest BCUT2D eigenvalue weighted by Gasteiger charge is 2.22. The van der Waals surface area contributed by atoms with Crippen molar-refractivity contribution in [3.05, 3.63) is 83.2 Å². The lowest BCUT2D eigenvalue weighted by Crippen LogP contribution is -1.98. The van der Waals surface area contributed by atoms with E-state index in [9.17, 15) is 0 Å². The van der Waals surface area contributed by atoms with E-state index < -0.39 is 0 Å². The van der Waals surface area contributed by atoms with Gasteiger partial charge in [0.1, 0.15) is 17.0 Å². The van der Waals surface area contributed by atoms with Gasteiger partial charge in [0.15, 0.2) is 5.58 Å². The van der Waals surface area contributed by atoms with Crippen LogP contribution in [0.4, 0.5) is 0 Å². The second kappa shape index (κ2) is 8.34. The molecular formula is C32H30N2O2. The molecule has 4 nitrogen and oxygen atoms in total. The van der Waals surface area contributed by atoms with Crippen LogP contribution < -0.4 is 0 Å². The zero-order valence-corrected chi connectivity index (χ0v) is 21.6. The molecule has 0 aliphatic heterocycles. The number of fused-ring (bicyclic) bond motifs is 4. The zero-order valence-electron chi connectivity index (χ0n) is 21.6. The first-order chi connectivity index (χ1) is 17.3. The minimum atomic E-state index is 0.382. The average molecular weight is 475 g/mol. The topological polar surface area (TPSA) is 52.1 Å². The van der Waals surface area contributed by atoms with Crippen LogP contribution in [0.25, 0.3) is 55.6 Å². The average Bonchev–Trinajstić information content (AvgIpc) is 3.44. The molecule has 0 radical (unpaired) electrons. The van der Waals surface area contributed by atoms with E-state index in [0.29, 0.717) is 17.5 Å². The highest BCUT2D eigenvalue weighted by atomic mass is 16.3. The summed E-state index contributed by atoms with van der Waals surface area (Å²) in [5, 5.41) is 3.09. The summed E-state index contributed by atoms with van der Waals surface area (Å²) in [7, 11) is 0. The first-order valence-corrected chi connectivity index (χ1v) is 12.6. The Hall–Kier alpha value is -3.92. The molecule has 0 fully saturated rings. The van der Waals surface area contributed by atoms with Crippen LogP contribution in [0, 0.1) is 13.8 Å². The van der Waals surface area contributed by atoms with Crippen LogP contribution in [-0.4, -0.2) is 9.97 Å². The number of hydrogen-bond donors (Lipinski definition) is 0. The van der Waals surface area contributed by atoms with Gasteiger partial charge in [0, 0.05) is 39.2 Å². The fourth-order valence-corrected chi connectivity index (χ4v) is 5.29. The lowest BCUT2D eigenvalue weighted by Gasteiger charge is -2.18. The molecule has 0 amide bonds. The predicted octanol–water partition coefficient (Wildman–Crippen LogP) is 9.32. The third kappa shape index (κ3) is 3.51. The van der Waals surface area contributed by atoms with Crippen molar-refractivity contribution in [1.82, 2.24) is 9.97 Å². The van der Waals surface area contributed by atoms with Crippen LogP contribution in [0.2, 0.25) is 0 Å². The summed E-state index contributed by atoms with van der Waals surface area (Å²) >= 11 is 0.